The lowest BCUT2D eigenvalue weighted by atomic mass is 10.2. The molecule has 0 aliphatic heterocycles. The monoisotopic (exact) mass is 262 g/mol. The zero-order valence-electron chi connectivity index (χ0n) is 10.2. The lowest BCUT2D eigenvalue weighted by Crippen LogP contribution is -2.06. The summed E-state index contributed by atoms with van der Waals surface area (Å²) in [6.45, 7) is 4.04. The number of rotatable bonds is 4. The van der Waals surface area contributed by atoms with E-state index in [4.69, 9.17) is 5.11 Å². The number of carboxylic acids is 1. The Kier molecular flexibility index (Phi) is 3.62. The number of nitrogens with zero attached hydrogens (tertiary/aromatic N) is 1. The summed E-state index contributed by atoms with van der Waals surface area (Å²) < 4.78 is 0. The Morgan fingerprint density at radius 1 is 1.39 bits per heavy atom. The van der Waals surface area contributed by atoms with Crippen LogP contribution < -0.4 is 5.32 Å². The van der Waals surface area contributed by atoms with E-state index in [2.05, 4.69) is 17.2 Å². The van der Waals surface area contributed by atoms with Crippen molar-refractivity contribution in [1.82, 2.24) is 4.98 Å². The van der Waals surface area contributed by atoms with Crippen LogP contribution in [0.15, 0.2) is 29.8 Å². The number of aromatic nitrogens is 1. The number of thiazole rings is 1. The first-order valence-electron chi connectivity index (χ1n) is 5.58. The van der Waals surface area contributed by atoms with E-state index in [0.717, 1.165) is 11.4 Å². The van der Waals surface area contributed by atoms with E-state index in [1.807, 2.05) is 12.4 Å². The van der Waals surface area contributed by atoms with Gasteiger partial charge in [0, 0.05) is 10.6 Å². The number of hydrogen-bond donors (Lipinski definition) is 2. The van der Waals surface area contributed by atoms with Gasteiger partial charge in [-0.25, -0.2) is 9.78 Å². The lowest BCUT2D eigenvalue weighted by molar-refractivity contribution is 0.0697. The minimum atomic E-state index is -0.909. The maximum Gasteiger partial charge on any atom is 0.335 e. The van der Waals surface area contributed by atoms with E-state index >= 15 is 0 Å². The molecule has 1 aromatic heterocycles. The molecule has 18 heavy (non-hydrogen) atoms. The van der Waals surface area contributed by atoms with Crippen molar-refractivity contribution in [3.8, 4) is 0 Å². The van der Waals surface area contributed by atoms with Crippen molar-refractivity contribution in [2.75, 3.05) is 5.32 Å². The molecule has 0 radical (unpaired) electrons. The lowest BCUT2D eigenvalue weighted by Gasteiger charge is -2.14. The molecular formula is C13H14N2O2S. The molecule has 5 heteroatoms. The first kappa shape index (κ1) is 12.6. The predicted molar refractivity (Wildman–Crippen MR) is 72.3 cm³/mol. The highest BCUT2D eigenvalue weighted by Gasteiger charge is 2.11. The third-order valence-electron chi connectivity index (χ3n) is 2.69. The second kappa shape index (κ2) is 5.18. The Labute approximate surface area is 109 Å². The van der Waals surface area contributed by atoms with Gasteiger partial charge in [-0.1, -0.05) is 0 Å². The number of anilines is 1. The van der Waals surface area contributed by atoms with E-state index in [1.165, 1.54) is 4.88 Å². The molecule has 2 rings (SSSR count). The molecule has 1 heterocycles. The van der Waals surface area contributed by atoms with Crippen molar-refractivity contribution in [3.05, 3.63) is 45.9 Å². The van der Waals surface area contributed by atoms with Gasteiger partial charge in [0.2, 0.25) is 0 Å². The van der Waals surface area contributed by atoms with Crippen LogP contribution in [0.3, 0.4) is 0 Å². The summed E-state index contributed by atoms with van der Waals surface area (Å²) in [6, 6.07) is 6.90. The van der Waals surface area contributed by atoms with Crippen LogP contribution in [0.2, 0.25) is 0 Å². The van der Waals surface area contributed by atoms with Crippen LogP contribution in [0.25, 0.3) is 0 Å². The highest BCUT2D eigenvalue weighted by molar-refractivity contribution is 7.09. The average molecular weight is 262 g/mol. The largest absolute Gasteiger partial charge is 0.478 e. The van der Waals surface area contributed by atoms with E-state index in [0.29, 0.717) is 5.56 Å². The molecule has 0 bridgehead atoms. The average Bonchev–Trinajstić information content (AvgIpc) is 2.76. The molecule has 0 fully saturated rings. The van der Waals surface area contributed by atoms with Crippen LogP contribution in [0, 0.1) is 6.92 Å². The molecule has 4 nitrogen and oxygen atoms in total. The molecule has 1 aromatic carbocycles. The third-order valence-corrected chi connectivity index (χ3v) is 3.80. The van der Waals surface area contributed by atoms with Crippen LogP contribution in [0.5, 0.6) is 0 Å². The Bertz CT molecular complexity index is 548. The zero-order valence-corrected chi connectivity index (χ0v) is 11.0. The molecular weight excluding hydrogens is 248 g/mol. The SMILES string of the molecule is Cc1ncsc1C(C)Nc1ccc(C(=O)O)cc1. The fraction of sp³-hybridized carbons (Fsp3) is 0.231. The minimum Gasteiger partial charge on any atom is -0.478 e. The molecule has 0 spiro atoms. The van der Waals surface area contributed by atoms with Gasteiger partial charge >= 0.3 is 5.97 Å². The van der Waals surface area contributed by atoms with Crippen molar-refractivity contribution in [2.45, 2.75) is 19.9 Å². The summed E-state index contributed by atoms with van der Waals surface area (Å²) >= 11 is 1.62. The third kappa shape index (κ3) is 2.68. The topological polar surface area (TPSA) is 62.2 Å². The van der Waals surface area contributed by atoms with Crippen LogP contribution in [-0.4, -0.2) is 16.1 Å². The Hall–Kier alpha value is -1.88. The van der Waals surface area contributed by atoms with Crippen molar-refractivity contribution >= 4 is 23.0 Å². The predicted octanol–water partition coefficient (Wildman–Crippen LogP) is 3.32. The number of benzene rings is 1. The van der Waals surface area contributed by atoms with Gasteiger partial charge in [0.05, 0.1) is 22.8 Å². The van der Waals surface area contributed by atoms with Gasteiger partial charge in [-0.05, 0) is 38.1 Å². The Morgan fingerprint density at radius 3 is 2.56 bits per heavy atom. The van der Waals surface area contributed by atoms with Gasteiger partial charge in [-0.15, -0.1) is 11.3 Å². The molecule has 0 aliphatic carbocycles. The standard InChI is InChI=1S/C13H14N2O2S/c1-8-12(18-7-14-8)9(2)15-11-5-3-10(4-6-11)13(16)17/h3-7,9,15H,1-2H3,(H,16,17). The molecule has 0 saturated carbocycles. The molecule has 94 valence electrons. The Morgan fingerprint density at radius 2 is 2.06 bits per heavy atom. The van der Waals surface area contributed by atoms with Crippen LogP contribution in [0.1, 0.15) is 33.9 Å². The second-order valence-electron chi connectivity index (χ2n) is 4.05. The van der Waals surface area contributed by atoms with Gasteiger partial charge in [0.25, 0.3) is 0 Å². The smallest absolute Gasteiger partial charge is 0.335 e. The van der Waals surface area contributed by atoms with Crippen LogP contribution in [0.4, 0.5) is 5.69 Å². The van der Waals surface area contributed by atoms with Crippen molar-refractivity contribution in [3.63, 3.8) is 0 Å². The fourth-order valence-electron chi connectivity index (χ4n) is 1.75. The summed E-state index contributed by atoms with van der Waals surface area (Å²) in [6.07, 6.45) is 0. The summed E-state index contributed by atoms with van der Waals surface area (Å²) in [4.78, 5) is 16.1. The first-order chi connectivity index (χ1) is 8.58. The molecule has 0 aliphatic rings. The molecule has 0 saturated heterocycles. The maximum absolute atomic E-state index is 10.7. The van der Waals surface area contributed by atoms with Crippen LogP contribution in [-0.2, 0) is 0 Å². The van der Waals surface area contributed by atoms with Crippen LogP contribution >= 0.6 is 11.3 Å². The van der Waals surface area contributed by atoms with Gasteiger partial charge in [-0.2, -0.15) is 0 Å². The minimum absolute atomic E-state index is 0.160. The van der Waals surface area contributed by atoms with Crippen molar-refractivity contribution in [1.29, 1.82) is 0 Å². The number of aryl methyl sites for hydroxylation is 1. The van der Waals surface area contributed by atoms with Gasteiger partial charge in [-0.3, -0.25) is 0 Å². The van der Waals surface area contributed by atoms with E-state index in [-0.39, 0.29) is 6.04 Å². The van der Waals surface area contributed by atoms with E-state index in [9.17, 15) is 4.79 Å². The maximum atomic E-state index is 10.7. The van der Waals surface area contributed by atoms with Crippen molar-refractivity contribution in [2.24, 2.45) is 0 Å². The van der Waals surface area contributed by atoms with Gasteiger partial charge in [0.1, 0.15) is 0 Å². The van der Waals surface area contributed by atoms with E-state index < -0.39 is 5.97 Å². The van der Waals surface area contributed by atoms with Crippen molar-refractivity contribution < 1.29 is 9.90 Å². The highest BCUT2D eigenvalue weighted by Crippen LogP contribution is 2.25. The highest BCUT2D eigenvalue weighted by atomic mass is 32.1. The second-order valence-corrected chi connectivity index (χ2v) is 4.94. The van der Waals surface area contributed by atoms with Gasteiger partial charge < -0.3 is 10.4 Å². The summed E-state index contributed by atoms with van der Waals surface area (Å²) in [5, 5.41) is 12.1. The number of aromatic carboxylic acids is 1. The molecule has 0 amide bonds. The Balaban J connectivity index is 2.10. The molecule has 1 unspecified atom stereocenters. The normalized spacial score (nSPS) is 12.1. The molecule has 1 atom stereocenters. The van der Waals surface area contributed by atoms with Gasteiger partial charge in [0.15, 0.2) is 0 Å². The quantitative estimate of drug-likeness (QED) is 0.887. The zero-order chi connectivity index (χ0) is 13.1. The number of carboxylic acid groups (broad SMARTS) is 1. The molecule has 2 aromatic rings. The number of hydrogen-bond acceptors (Lipinski definition) is 4. The summed E-state index contributed by atoms with van der Waals surface area (Å²) in [5.74, 6) is -0.909. The molecule has 2 N–H and O–H groups in total. The number of carbonyl (C=O) groups is 1. The number of nitrogens with one attached hydrogen (secondary N) is 1. The summed E-state index contributed by atoms with van der Waals surface area (Å²) in [5.41, 5.74) is 4.06. The summed E-state index contributed by atoms with van der Waals surface area (Å²) in [7, 11) is 0. The van der Waals surface area contributed by atoms with E-state index in [1.54, 1.807) is 35.6 Å². The fourth-order valence-corrected chi connectivity index (χ4v) is 2.56. The first-order valence-corrected chi connectivity index (χ1v) is 6.46.